The van der Waals surface area contributed by atoms with Crippen molar-refractivity contribution in [2.45, 2.75) is 52.4 Å². The molecule has 1 aliphatic rings. The molecule has 0 amide bonds. The fourth-order valence-corrected chi connectivity index (χ4v) is 2.21. The van der Waals surface area contributed by atoms with Crippen molar-refractivity contribution in [3.8, 4) is 0 Å². The first-order valence-corrected chi connectivity index (χ1v) is 5.96. The van der Waals surface area contributed by atoms with Gasteiger partial charge >= 0.3 is 0 Å². The fourth-order valence-electron chi connectivity index (χ4n) is 2.21. The van der Waals surface area contributed by atoms with Crippen LogP contribution < -0.4 is 0 Å². The average molecular weight is 184 g/mol. The number of ether oxygens (including phenoxy) is 1. The minimum Gasteiger partial charge on any atom is -0.381 e. The van der Waals surface area contributed by atoms with Crippen LogP contribution in [0.2, 0.25) is 0 Å². The molecule has 0 N–H and O–H groups in total. The van der Waals surface area contributed by atoms with Gasteiger partial charge in [-0.2, -0.15) is 0 Å². The summed E-state index contributed by atoms with van der Waals surface area (Å²) in [4.78, 5) is 0. The topological polar surface area (TPSA) is 9.23 Å². The van der Waals surface area contributed by atoms with Crippen molar-refractivity contribution in [1.82, 2.24) is 0 Å². The number of hydrogen-bond donors (Lipinski definition) is 0. The van der Waals surface area contributed by atoms with Crippen molar-refractivity contribution in [2.75, 3.05) is 13.2 Å². The molecule has 2 atom stereocenters. The third kappa shape index (κ3) is 3.68. The Balaban J connectivity index is 2.18. The molecule has 2 unspecified atom stereocenters. The zero-order chi connectivity index (χ0) is 9.52. The van der Waals surface area contributed by atoms with Gasteiger partial charge in [0.1, 0.15) is 0 Å². The van der Waals surface area contributed by atoms with Crippen LogP contribution in [0.3, 0.4) is 0 Å². The van der Waals surface area contributed by atoms with Gasteiger partial charge in [0.25, 0.3) is 0 Å². The van der Waals surface area contributed by atoms with Crippen LogP contribution in [-0.4, -0.2) is 13.2 Å². The Kier molecular flexibility index (Phi) is 5.45. The Bertz CT molecular complexity index is 108. The Morgan fingerprint density at radius 1 is 0.923 bits per heavy atom. The summed E-state index contributed by atoms with van der Waals surface area (Å²) in [6, 6.07) is 0. The predicted molar refractivity (Wildman–Crippen MR) is 56.8 cm³/mol. The van der Waals surface area contributed by atoms with Gasteiger partial charge in [-0.1, -0.05) is 39.5 Å². The maximum Gasteiger partial charge on any atom is 0.0497 e. The second kappa shape index (κ2) is 6.42. The third-order valence-electron chi connectivity index (χ3n) is 3.19. The standard InChI is InChI=1S/C12H24O/c1-3-5-7-11-9-13-10-12(11)8-6-4-2/h11-12H,3-10H2,1-2H3. The lowest BCUT2D eigenvalue weighted by Gasteiger charge is -2.16. The zero-order valence-electron chi connectivity index (χ0n) is 9.22. The van der Waals surface area contributed by atoms with Crippen molar-refractivity contribution in [3.05, 3.63) is 0 Å². The van der Waals surface area contributed by atoms with Gasteiger partial charge in [0.05, 0.1) is 0 Å². The Labute approximate surface area is 82.9 Å². The highest BCUT2D eigenvalue weighted by molar-refractivity contribution is 4.74. The van der Waals surface area contributed by atoms with E-state index in [-0.39, 0.29) is 0 Å². The molecule has 1 aliphatic heterocycles. The van der Waals surface area contributed by atoms with Gasteiger partial charge < -0.3 is 4.74 Å². The smallest absolute Gasteiger partial charge is 0.0497 e. The first kappa shape index (κ1) is 11.0. The molecule has 0 aromatic heterocycles. The van der Waals surface area contributed by atoms with Gasteiger partial charge in [0.15, 0.2) is 0 Å². The summed E-state index contributed by atoms with van der Waals surface area (Å²) in [6.07, 6.45) is 8.22. The van der Waals surface area contributed by atoms with E-state index < -0.39 is 0 Å². The van der Waals surface area contributed by atoms with Crippen molar-refractivity contribution in [2.24, 2.45) is 11.8 Å². The lowest BCUT2D eigenvalue weighted by molar-refractivity contribution is 0.178. The maximum absolute atomic E-state index is 5.56. The molecule has 1 heteroatoms. The predicted octanol–water partition coefficient (Wildman–Crippen LogP) is 3.63. The third-order valence-corrected chi connectivity index (χ3v) is 3.19. The van der Waals surface area contributed by atoms with Crippen LogP contribution >= 0.6 is 0 Å². The first-order valence-electron chi connectivity index (χ1n) is 5.96. The van der Waals surface area contributed by atoms with Crippen molar-refractivity contribution in [3.63, 3.8) is 0 Å². The monoisotopic (exact) mass is 184 g/mol. The summed E-state index contributed by atoms with van der Waals surface area (Å²) in [5.74, 6) is 1.76. The van der Waals surface area contributed by atoms with Gasteiger partial charge in [-0.15, -0.1) is 0 Å². The van der Waals surface area contributed by atoms with E-state index in [2.05, 4.69) is 13.8 Å². The van der Waals surface area contributed by atoms with Crippen LogP contribution in [-0.2, 0) is 4.74 Å². The molecule has 1 fully saturated rings. The summed E-state index contributed by atoms with van der Waals surface area (Å²) >= 11 is 0. The summed E-state index contributed by atoms with van der Waals surface area (Å²) < 4.78 is 5.56. The van der Waals surface area contributed by atoms with Crippen LogP contribution in [0, 0.1) is 11.8 Å². The second-order valence-electron chi connectivity index (χ2n) is 4.34. The largest absolute Gasteiger partial charge is 0.381 e. The molecule has 13 heavy (non-hydrogen) atoms. The highest BCUT2D eigenvalue weighted by Crippen LogP contribution is 2.29. The molecule has 0 bridgehead atoms. The Morgan fingerprint density at radius 2 is 1.38 bits per heavy atom. The lowest BCUT2D eigenvalue weighted by atomic mass is 9.87. The van der Waals surface area contributed by atoms with Gasteiger partial charge in [0.2, 0.25) is 0 Å². The maximum atomic E-state index is 5.56. The molecule has 78 valence electrons. The highest BCUT2D eigenvalue weighted by Gasteiger charge is 2.26. The molecule has 0 aliphatic carbocycles. The molecule has 1 saturated heterocycles. The van der Waals surface area contributed by atoms with Crippen LogP contribution in [0.15, 0.2) is 0 Å². The summed E-state index contributed by atoms with van der Waals surface area (Å²) in [5.41, 5.74) is 0. The molecule has 1 rings (SSSR count). The molecule has 0 aromatic carbocycles. The zero-order valence-corrected chi connectivity index (χ0v) is 9.22. The van der Waals surface area contributed by atoms with Gasteiger partial charge in [-0.25, -0.2) is 0 Å². The van der Waals surface area contributed by atoms with E-state index in [1.807, 2.05) is 0 Å². The first-order chi connectivity index (χ1) is 6.38. The lowest BCUT2D eigenvalue weighted by Crippen LogP contribution is -2.12. The van der Waals surface area contributed by atoms with E-state index >= 15 is 0 Å². The van der Waals surface area contributed by atoms with Crippen LogP contribution in [0.25, 0.3) is 0 Å². The average Bonchev–Trinajstić information content (AvgIpc) is 2.59. The number of unbranched alkanes of at least 4 members (excludes halogenated alkanes) is 2. The van der Waals surface area contributed by atoms with Gasteiger partial charge in [-0.05, 0) is 24.7 Å². The van der Waals surface area contributed by atoms with E-state index in [1.165, 1.54) is 38.5 Å². The van der Waals surface area contributed by atoms with Crippen LogP contribution in [0.1, 0.15) is 52.4 Å². The van der Waals surface area contributed by atoms with Crippen LogP contribution in [0.4, 0.5) is 0 Å². The molecule has 0 aromatic rings. The molecule has 0 saturated carbocycles. The van der Waals surface area contributed by atoms with E-state index in [0.29, 0.717) is 0 Å². The molecule has 0 spiro atoms. The number of hydrogen-bond acceptors (Lipinski definition) is 1. The summed E-state index contributed by atoms with van der Waals surface area (Å²) in [6.45, 7) is 6.62. The quantitative estimate of drug-likeness (QED) is 0.612. The fraction of sp³-hybridized carbons (Fsp3) is 1.00. The van der Waals surface area contributed by atoms with Crippen molar-refractivity contribution in [1.29, 1.82) is 0 Å². The summed E-state index contributed by atoms with van der Waals surface area (Å²) in [7, 11) is 0. The van der Waals surface area contributed by atoms with Crippen molar-refractivity contribution >= 4 is 0 Å². The molecular weight excluding hydrogens is 160 g/mol. The van der Waals surface area contributed by atoms with Crippen molar-refractivity contribution < 1.29 is 4.74 Å². The normalized spacial score (nSPS) is 28.2. The molecule has 1 heterocycles. The molecule has 1 nitrogen and oxygen atoms in total. The molecule has 0 radical (unpaired) electrons. The van der Waals surface area contributed by atoms with Gasteiger partial charge in [-0.3, -0.25) is 0 Å². The summed E-state index contributed by atoms with van der Waals surface area (Å²) in [5, 5.41) is 0. The van der Waals surface area contributed by atoms with Crippen LogP contribution in [0.5, 0.6) is 0 Å². The number of rotatable bonds is 6. The Hall–Kier alpha value is -0.0400. The minimum absolute atomic E-state index is 0.881. The Morgan fingerprint density at radius 3 is 1.77 bits per heavy atom. The van der Waals surface area contributed by atoms with Gasteiger partial charge in [0, 0.05) is 13.2 Å². The SMILES string of the molecule is CCCCC1COCC1CCCC. The molecular formula is C12H24O. The second-order valence-corrected chi connectivity index (χ2v) is 4.34. The highest BCUT2D eigenvalue weighted by atomic mass is 16.5. The van der Waals surface area contributed by atoms with E-state index in [1.54, 1.807) is 0 Å². The van der Waals surface area contributed by atoms with E-state index in [9.17, 15) is 0 Å². The minimum atomic E-state index is 0.881. The van der Waals surface area contributed by atoms with E-state index in [0.717, 1.165) is 25.0 Å². The van der Waals surface area contributed by atoms with E-state index in [4.69, 9.17) is 4.74 Å².